The van der Waals surface area contributed by atoms with Crippen molar-refractivity contribution in [2.45, 2.75) is 44.7 Å². The van der Waals surface area contributed by atoms with Gasteiger partial charge in [0.15, 0.2) is 0 Å². The molecule has 0 saturated heterocycles. The van der Waals surface area contributed by atoms with E-state index in [9.17, 15) is 4.79 Å². The number of thiophene rings is 1. The van der Waals surface area contributed by atoms with Crippen LogP contribution in [0.1, 0.15) is 37.5 Å². The van der Waals surface area contributed by atoms with Crippen molar-refractivity contribution < 1.29 is 4.79 Å². The minimum absolute atomic E-state index is 0.0327. The van der Waals surface area contributed by atoms with Crippen molar-refractivity contribution in [2.24, 2.45) is 11.7 Å². The molecule has 0 spiro atoms. The van der Waals surface area contributed by atoms with Gasteiger partial charge < -0.3 is 10.6 Å². The Morgan fingerprint density at radius 3 is 2.89 bits per heavy atom. The van der Waals surface area contributed by atoms with Gasteiger partial charge >= 0.3 is 0 Å². The van der Waals surface area contributed by atoms with E-state index < -0.39 is 0 Å². The lowest BCUT2D eigenvalue weighted by Crippen LogP contribution is -2.52. The molecule has 5 heteroatoms. The van der Waals surface area contributed by atoms with Crippen LogP contribution in [0.4, 0.5) is 0 Å². The SMILES string of the molecule is CN(Cc1ccc(Br)s1)C(=O)C1CCCCC1(C)N. The number of amides is 1. The van der Waals surface area contributed by atoms with Crippen LogP contribution >= 0.6 is 27.3 Å². The van der Waals surface area contributed by atoms with Gasteiger partial charge in [-0.25, -0.2) is 0 Å². The van der Waals surface area contributed by atoms with Crippen molar-refractivity contribution in [2.75, 3.05) is 7.05 Å². The summed E-state index contributed by atoms with van der Waals surface area (Å²) in [4.78, 5) is 15.6. The molecule has 0 bridgehead atoms. The molecule has 3 nitrogen and oxygen atoms in total. The maximum Gasteiger partial charge on any atom is 0.227 e. The van der Waals surface area contributed by atoms with Crippen LogP contribution in [0.15, 0.2) is 15.9 Å². The van der Waals surface area contributed by atoms with Crippen LogP contribution < -0.4 is 5.73 Å². The van der Waals surface area contributed by atoms with E-state index >= 15 is 0 Å². The van der Waals surface area contributed by atoms with Gasteiger partial charge in [0.2, 0.25) is 5.91 Å². The zero-order valence-electron chi connectivity index (χ0n) is 11.5. The molecule has 2 atom stereocenters. The number of halogens is 1. The molecule has 0 aliphatic heterocycles. The Labute approximate surface area is 127 Å². The molecular weight excluding hydrogens is 324 g/mol. The van der Waals surface area contributed by atoms with Gasteiger partial charge in [0.05, 0.1) is 16.2 Å². The summed E-state index contributed by atoms with van der Waals surface area (Å²) in [6, 6.07) is 4.08. The van der Waals surface area contributed by atoms with Gasteiger partial charge in [0.1, 0.15) is 0 Å². The molecule has 2 rings (SSSR count). The average Bonchev–Trinajstić information content (AvgIpc) is 2.73. The number of hydrogen-bond donors (Lipinski definition) is 1. The van der Waals surface area contributed by atoms with E-state index in [-0.39, 0.29) is 17.4 Å². The van der Waals surface area contributed by atoms with E-state index in [1.54, 1.807) is 11.3 Å². The molecule has 1 aliphatic rings. The highest BCUT2D eigenvalue weighted by molar-refractivity contribution is 9.11. The maximum absolute atomic E-state index is 12.6. The average molecular weight is 345 g/mol. The zero-order valence-corrected chi connectivity index (χ0v) is 13.9. The van der Waals surface area contributed by atoms with E-state index in [0.29, 0.717) is 6.54 Å². The highest BCUT2D eigenvalue weighted by Crippen LogP contribution is 2.33. The molecule has 1 amide bonds. The van der Waals surface area contributed by atoms with Gasteiger partial charge in [-0.05, 0) is 47.8 Å². The number of nitrogens with zero attached hydrogens (tertiary/aromatic N) is 1. The Balaban J connectivity index is 2.02. The quantitative estimate of drug-likeness (QED) is 0.913. The molecule has 0 aromatic carbocycles. The number of rotatable bonds is 3. The lowest BCUT2D eigenvalue weighted by Gasteiger charge is -2.39. The molecule has 1 aliphatic carbocycles. The van der Waals surface area contributed by atoms with Gasteiger partial charge in [-0.2, -0.15) is 0 Å². The highest BCUT2D eigenvalue weighted by atomic mass is 79.9. The third kappa shape index (κ3) is 3.58. The number of hydrogen-bond acceptors (Lipinski definition) is 3. The van der Waals surface area contributed by atoms with Crippen molar-refractivity contribution in [1.82, 2.24) is 4.90 Å². The van der Waals surface area contributed by atoms with E-state index in [2.05, 4.69) is 22.0 Å². The third-order valence-electron chi connectivity index (χ3n) is 3.95. The van der Waals surface area contributed by atoms with Crippen LogP contribution in [0.2, 0.25) is 0 Å². The van der Waals surface area contributed by atoms with E-state index in [0.717, 1.165) is 29.5 Å². The zero-order chi connectivity index (χ0) is 14.0. The predicted octanol–water partition coefficient (Wildman–Crippen LogP) is 3.38. The molecule has 106 valence electrons. The number of carbonyl (C=O) groups is 1. The monoisotopic (exact) mass is 344 g/mol. The molecule has 1 fully saturated rings. The lowest BCUT2D eigenvalue weighted by atomic mass is 9.74. The van der Waals surface area contributed by atoms with E-state index in [1.807, 2.05) is 24.9 Å². The van der Waals surface area contributed by atoms with Crippen molar-refractivity contribution in [3.05, 3.63) is 20.8 Å². The molecule has 0 radical (unpaired) electrons. The van der Waals surface area contributed by atoms with Crippen LogP contribution in [0.25, 0.3) is 0 Å². The van der Waals surface area contributed by atoms with Crippen molar-refractivity contribution in [3.63, 3.8) is 0 Å². The summed E-state index contributed by atoms with van der Waals surface area (Å²) >= 11 is 5.12. The molecule has 1 aromatic heterocycles. The van der Waals surface area contributed by atoms with Crippen molar-refractivity contribution >= 4 is 33.2 Å². The van der Waals surface area contributed by atoms with Gasteiger partial charge in [-0.15, -0.1) is 11.3 Å². The second-order valence-electron chi connectivity index (χ2n) is 5.70. The molecule has 19 heavy (non-hydrogen) atoms. The Kier molecular flexibility index (Phi) is 4.69. The van der Waals surface area contributed by atoms with Gasteiger partial charge in [-0.1, -0.05) is 12.8 Å². The van der Waals surface area contributed by atoms with Crippen LogP contribution in [0.5, 0.6) is 0 Å². The minimum Gasteiger partial charge on any atom is -0.340 e. The van der Waals surface area contributed by atoms with Crippen LogP contribution in [0.3, 0.4) is 0 Å². The fraction of sp³-hybridized carbons (Fsp3) is 0.643. The summed E-state index contributed by atoms with van der Waals surface area (Å²) in [5, 5.41) is 0. The number of nitrogens with two attached hydrogens (primary N) is 1. The minimum atomic E-state index is -0.348. The van der Waals surface area contributed by atoms with E-state index in [4.69, 9.17) is 5.73 Å². The second kappa shape index (κ2) is 5.94. The van der Waals surface area contributed by atoms with Crippen molar-refractivity contribution in [3.8, 4) is 0 Å². The fourth-order valence-corrected chi connectivity index (χ4v) is 4.32. The Morgan fingerprint density at radius 2 is 2.32 bits per heavy atom. The molecular formula is C14H21BrN2OS. The second-order valence-corrected chi connectivity index (χ2v) is 8.25. The first kappa shape index (κ1) is 15.0. The summed E-state index contributed by atoms with van der Waals surface area (Å²) in [6.45, 7) is 2.69. The molecule has 1 aromatic rings. The predicted molar refractivity (Wildman–Crippen MR) is 83.0 cm³/mol. The molecule has 2 unspecified atom stereocenters. The smallest absolute Gasteiger partial charge is 0.227 e. The summed E-state index contributed by atoms with van der Waals surface area (Å²) in [7, 11) is 1.88. The Bertz CT molecular complexity index is 458. The normalized spacial score (nSPS) is 27.3. The Hall–Kier alpha value is -0.390. The molecule has 2 N–H and O–H groups in total. The van der Waals surface area contributed by atoms with E-state index in [1.165, 1.54) is 4.88 Å². The standard InChI is InChI=1S/C14H21BrN2OS/c1-14(16)8-4-3-5-11(14)13(18)17(2)9-10-6-7-12(15)19-10/h6-7,11H,3-5,8-9,16H2,1-2H3. The lowest BCUT2D eigenvalue weighted by molar-refractivity contribution is -0.138. The molecule has 1 heterocycles. The summed E-state index contributed by atoms with van der Waals surface area (Å²) in [6.07, 6.45) is 4.12. The number of carbonyl (C=O) groups excluding carboxylic acids is 1. The van der Waals surface area contributed by atoms with Gasteiger partial charge in [-0.3, -0.25) is 4.79 Å². The third-order valence-corrected chi connectivity index (χ3v) is 5.56. The first-order chi connectivity index (χ1) is 8.90. The highest BCUT2D eigenvalue weighted by Gasteiger charge is 2.39. The maximum atomic E-state index is 12.6. The first-order valence-electron chi connectivity index (χ1n) is 6.68. The van der Waals surface area contributed by atoms with Crippen LogP contribution in [-0.2, 0) is 11.3 Å². The van der Waals surface area contributed by atoms with Gasteiger partial charge in [0, 0.05) is 17.5 Å². The largest absolute Gasteiger partial charge is 0.340 e. The summed E-state index contributed by atoms with van der Waals surface area (Å²) in [5.41, 5.74) is 5.96. The molecule has 1 saturated carbocycles. The Morgan fingerprint density at radius 1 is 1.58 bits per heavy atom. The summed E-state index contributed by atoms with van der Waals surface area (Å²) in [5.74, 6) is 0.156. The summed E-state index contributed by atoms with van der Waals surface area (Å²) < 4.78 is 1.10. The topological polar surface area (TPSA) is 46.3 Å². The van der Waals surface area contributed by atoms with Gasteiger partial charge in [0.25, 0.3) is 0 Å². The van der Waals surface area contributed by atoms with Crippen LogP contribution in [-0.4, -0.2) is 23.4 Å². The van der Waals surface area contributed by atoms with Crippen LogP contribution in [0, 0.1) is 5.92 Å². The fourth-order valence-electron chi connectivity index (χ4n) is 2.78. The van der Waals surface area contributed by atoms with Crippen molar-refractivity contribution in [1.29, 1.82) is 0 Å². The first-order valence-corrected chi connectivity index (χ1v) is 8.29.